The van der Waals surface area contributed by atoms with Gasteiger partial charge in [0.15, 0.2) is 5.78 Å². The molecule has 2 atom stereocenters. The zero-order valence-corrected chi connectivity index (χ0v) is 25.9. The maximum absolute atomic E-state index is 15.4. The summed E-state index contributed by atoms with van der Waals surface area (Å²) in [5.41, 5.74) is 0.412. The molecule has 10 nitrogen and oxygen atoms in total. The van der Waals surface area contributed by atoms with Crippen LogP contribution >= 0.6 is 0 Å². The van der Waals surface area contributed by atoms with Gasteiger partial charge in [-0.2, -0.15) is 5.10 Å². The minimum Gasteiger partial charge on any atom is -0.344 e. The topological polar surface area (TPSA) is 117 Å². The van der Waals surface area contributed by atoms with Gasteiger partial charge in [0.2, 0.25) is 17.7 Å². The second-order valence-corrected chi connectivity index (χ2v) is 12.0. The predicted octanol–water partition coefficient (Wildman–Crippen LogP) is 3.91. The lowest BCUT2D eigenvalue weighted by Crippen LogP contribution is -2.54. The maximum atomic E-state index is 15.4. The average Bonchev–Trinajstić information content (AvgIpc) is 3.48. The number of benzene rings is 1. The first kappa shape index (κ1) is 34.1. The molecule has 1 saturated carbocycles. The molecular formula is C32H43F3N6O4. The number of likely N-dealkylation sites (N-methyl/N-ethyl adjacent to an activating group) is 1. The minimum absolute atomic E-state index is 0.00952. The van der Waals surface area contributed by atoms with Gasteiger partial charge in [-0.3, -0.25) is 23.9 Å². The number of nitrogens with zero attached hydrogens (tertiary/aromatic N) is 4. The van der Waals surface area contributed by atoms with E-state index >= 15 is 4.39 Å². The van der Waals surface area contributed by atoms with Crippen molar-refractivity contribution in [2.75, 3.05) is 38.5 Å². The molecule has 0 radical (unpaired) electrons. The van der Waals surface area contributed by atoms with Gasteiger partial charge in [-0.05, 0) is 49.6 Å². The van der Waals surface area contributed by atoms with Gasteiger partial charge in [0.25, 0.3) is 6.43 Å². The van der Waals surface area contributed by atoms with Crippen LogP contribution in [-0.4, -0.2) is 88.8 Å². The van der Waals surface area contributed by atoms with Crippen LogP contribution in [0.4, 0.5) is 18.9 Å². The molecule has 0 unspecified atom stereocenters. The molecule has 0 spiro atoms. The summed E-state index contributed by atoms with van der Waals surface area (Å²) in [6, 6.07) is 4.76. The van der Waals surface area contributed by atoms with Crippen molar-refractivity contribution in [3.8, 4) is 0 Å². The van der Waals surface area contributed by atoms with Crippen molar-refractivity contribution in [2.24, 2.45) is 11.8 Å². The lowest BCUT2D eigenvalue weighted by molar-refractivity contribution is -0.137. The monoisotopic (exact) mass is 632 g/mol. The number of ketones is 1. The number of anilines is 1. The third-order valence-electron chi connectivity index (χ3n) is 8.77. The molecule has 1 aromatic carbocycles. The number of hydrogen-bond acceptors (Lipinski definition) is 6. The summed E-state index contributed by atoms with van der Waals surface area (Å²) in [6.45, 7) is 3.47. The molecule has 2 aliphatic rings. The van der Waals surface area contributed by atoms with E-state index in [9.17, 15) is 28.0 Å². The van der Waals surface area contributed by atoms with Crippen LogP contribution in [-0.2, 0) is 27.3 Å². The van der Waals surface area contributed by atoms with E-state index in [0.29, 0.717) is 18.7 Å². The molecule has 1 saturated heterocycles. The van der Waals surface area contributed by atoms with Crippen LogP contribution in [0.5, 0.6) is 0 Å². The maximum Gasteiger partial charge on any atom is 0.257 e. The van der Waals surface area contributed by atoms with Crippen LogP contribution in [0.15, 0.2) is 30.5 Å². The van der Waals surface area contributed by atoms with Gasteiger partial charge in [0.05, 0.1) is 5.69 Å². The first-order chi connectivity index (χ1) is 21.5. The van der Waals surface area contributed by atoms with Gasteiger partial charge >= 0.3 is 0 Å². The van der Waals surface area contributed by atoms with Crippen molar-refractivity contribution in [1.29, 1.82) is 0 Å². The van der Waals surface area contributed by atoms with E-state index in [2.05, 4.69) is 20.6 Å². The third kappa shape index (κ3) is 9.38. The Bertz CT molecular complexity index is 1340. The van der Waals surface area contributed by atoms with E-state index in [-0.39, 0.29) is 48.4 Å². The van der Waals surface area contributed by atoms with Gasteiger partial charge in [-0.1, -0.05) is 32.3 Å². The van der Waals surface area contributed by atoms with Crippen molar-refractivity contribution in [2.45, 2.75) is 77.3 Å². The van der Waals surface area contributed by atoms with Crippen LogP contribution in [0, 0.1) is 17.7 Å². The number of amides is 3. The molecule has 45 heavy (non-hydrogen) atoms. The normalized spacial score (nSPS) is 17.6. The molecule has 2 heterocycles. The Kier molecular flexibility index (Phi) is 12.1. The van der Waals surface area contributed by atoms with E-state index in [1.54, 1.807) is 17.9 Å². The highest BCUT2D eigenvalue weighted by Crippen LogP contribution is 2.34. The largest absolute Gasteiger partial charge is 0.344 e. The Morgan fingerprint density at radius 2 is 1.73 bits per heavy atom. The second-order valence-electron chi connectivity index (χ2n) is 12.0. The van der Waals surface area contributed by atoms with Crippen LogP contribution in [0.2, 0.25) is 0 Å². The lowest BCUT2D eigenvalue weighted by Gasteiger charge is -2.34. The Morgan fingerprint density at radius 3 is 2.38 bits per heavy atom. The highest BCUT2D eigenvalue weighted by molar-refractivity contribution is 6.00. The molecule has 4 rings (SSSR count). The number of rotatable bonds is 13. The Morgan fingerprint density at radius 1 is 1.02 bits per heavy atom. The zero-order valence-electron chi connectivity index (χ0n) is 25.9. The van der Waals surface area contributed by atoms with E-state index in [1.165, 1.54) is 24.4 Å². The predicted molar refractivity (Wildman–Crippen MR) is 162 cm³/mol. The Hall–Kier alpha value is -3.74. The summed E-state index contributed by atoms with van der Waals surface area (Å²) in [4.78, 5) is 56.1. The minimum atomic E-state index is -2.69. The van der Waals surface area contributed by atoms with Gasteiger partial charge in [-0.15, -0.1) is 0 Å². The number of hydrogen-bond donors (Lipinski definition) is 2. The number of aromatic nitrogens is 2. The van der Waals surface area contributed by atoms with Crippen LogP contribution in [0.3, 0.4) is 0 Å². The first-order valence-electron chi connectivity index (χ1n) is 15.7. The number of nitrogens with one attached hydrogen (secondary N) is 2. The molecule has 2 fully saturated rings. The van der Waals surface area contributed by atoms with Gasteiger partial charge < -0.3 is 20.4 Å². The SMILES string of the molecule is CCC(=O)N[C@H](Cc1ccc(NC(=O)[C@@H](CC(=O)c2ccnn2CC(F)F)C2CCCCC2)c(F)c1)C(=O)N1CCN(C)CC1. The second kappa shape index (κ2) is 16.0. The zero-order chi connectivity index (χ0) is 32.5. The standard InChI is InChI=1S/C32H43F3N6O4/c1-3-30(43)37-26(32(45)40-15-13-39(2)14-16-40)18-21-9-10-25(24(33)17-21)38-31(44)23(22-7-5-4-6-8-22)19-28(42)27-11-12-36-41(27)20-29(34)35/h9-12,17,22-23,26,29H,3-8,13-16,18-20H2,1-2H3,(H,37,43)(H,38,44)/t23-,26+/m0/s1. The fourth-order valence-corrected chi connectivity index (χ4v) is 6.15. The molecule has 1 aliphatic carbocycles. The van der Waals surface area contributed by atoms with E-state index in [0.717, 1.165) is 49.9 Å². The Labute approximate surface area is 261 Å². The summed E-state index contributed by atoms with van der Waals surface area (Å²) in [7, 11) is 1.98. The van der Waals surface area contributed by atoms with Crippen molar-refractivity contribution in [3.63, 3.8) is 0 Å². The fourth-order valence-electron chi connectivity index (χ4n) is 6.15. The van der Waals surface area contributed by atoms with Crippen molar-refractivity contribution >= 4 is 29.2 Å². The summed E-state index contributed by atoms with van der Waals surface area (Å²) < 4.78 is 42.4. The summed E-state index contributed by atoms with van der Waals surface area (Å²) in [5, 5.41) is 9.24. The molecule has 1 aromatic heterocycles. The highest BCUT2D eigenvalue weighted by Gasteiger charge is 2.33. The molecule has 13 heteroatoms. The summed E-state index contributed by atoms with van der Waals surface area (Å²) in [5.74, 6) is -3.09. The first-order valence-corrected chi connectivity index (χ1v) is 15.7. The van der Waals surface area contributed by atoms with Crippen LogP contribution in [0.25, 0.3) is 0 Å². The molecule has 1 aliphatic heterocycles. The quantitative estimate of drug-likeness (QED) is 0.324. The molecule has 2 N–H and O–H groups in total. The van der Waals surface area contributed by atoms with Crippen molar-refractivity contribution in [1.82, 2.24) is 24.9 Å². The molecule has 2 aromatic rings. The number of piperazine rings is 1. The van der Waals surface area contributed by atoms with E-state index < -0.39 is 42.4 Å². The van der Waals surface area contributed by atoms with E-state index in [1.807, 2.05) is 7.05 Å². The number of carbonyl (C=O) groups excluding carboxylic acids is 4. The van der Waals surface area contributed by atoms with Gasteiger partial charge in [0.1, 0.15) is 24.1 Å². The molecule has 246 valence electrons. The lowest BCUT2D eigenvalue weighted by atomic mass is 9.77. The van der Waals surface area contributed by atoms with Crippen molar-refractivity contribution in [3.05, 3.63) is 47.5 Å². The molecule has 0 bridgehead atoms. The number of alkyl halides is 2. The van der Waals surface area contributed by atoms with Gasteiger partial charge in [-0.25, -0.2) is 13.2 Å². The molecular weight excluding hydrogens is 589 g/mol. The molecule has 3 amide bonds. The van der Waals surface area contributed by atoms with Crippen LogP contribution < -0.4 is 10.6 Å². The fraction of sp³-hybridized carbons (Fsp3) is 0.594. The van der Waals surface area contributed by atoms with Crippen molar-refractivity contribution < 1.29 is 32.3 Å². The summed E-state index contributed by atoms with van der Waals surface area (Å²) >= 11 is 0. The average molecular weight is 633 g/mol. The number of halogens is 3. The van der Waals surface area contributed by atoms with Crippen LogP contribution in [0.1, 0.15) is 67.9 Å². The number of carbonyl (C=O) groups is 4. The smallest absolute Gasteiger partial charge is 0.257 e. The highest BCUT2D eigenvalue weighted by atomic mass is 19.3. The van der Waals surface area contributed by atoms with Gasteiger partial charge in [0, 0.05) is 57.6 Å². The Balaban J connectivity index is 1.47. The van der Waals surface area contributed by atoms with E-state index in [4.69, 9.17) is 0 Å². The summed E-state index contributed by atoms with van der Waals surface area (Å²) in [6.07, 6.45) is 2.94. The number of Topliss-reactive ketones (excluding diaryl/α,β-unsaturated/α-hetero) is 1. The third-order valence-corrected chi connectivity index (χ3v) is 8.77.